The number of aromatic amines is 1. The summed E-state index contributed by atoms with van der Waals surface area (Å²) in [6.07, 6.45) is 5.03. The minimum absolute atomic E-state index is 0.0251. The van der Waals surface area contributed by atoms with Crippen LogP contribution in [-0.4, -0.2) is 17.6 Å². The van der Waals surface area contributed by atoms with Gasteiger partial charge in [-0.25, -0.2) is 4.39 Å². The monoisotopic (exact) mass is 400 g/mol. The van der Waals surface area contributed by atoms with E-state index in [1.807, 2.05) is 24.3 Å². The fourth-order valence-corrected chi connectivity index (χ4v) is 4.34. The van der Waals surface area contributed by atoms with Crippen LogP contribution in [0.4, 0.5) is 4.39 Å². The maximum atomic E-state index is 13.3. The number of halogens is 2. The first-order chi connectivity index (χ1) is 13.5. The molecule has 0 aliphatic heterocycles. The molecule has 0 amide bonds. The molecular weight excluding hydrogens is 379 g/mol. The van der Waals surface area contributed by atoms with Gasteiger partial charge in [0.15, 0.2) is 0 Å². The van der Waals surface area contributed by atoms with E-state index in [1.54, 1.807) is 12.3 Å². The van der Waals surface area contributed by atoms with E-state index >= 15 is 0 Å². The molecule has 3 aromatic rings. The minimum Gasteiger partial charge on any atom is -0.489 e. The molecule has 6 heteroatoms. The Bertz CT molecular complexity index is 1040. The largest absolute Gasteiger partial charge is 0.489 e. The molecular formula is C22H22ClFN2O2. The number of rotatable bonds is 4. The summed E-state index contributed by atoms with van der Waals surface area (Å²) in [6.45, 7) is 0.519. The van der Waals surface area contributed by atoms with Crippen molar-refractivity contribution in [3.63, 3.8) is 0 Å². The van der Waals surface area contributed by atoms with Crippen molar-refractivity contribution < 1.29 is 9.13 Å². The van der Waals surface area contributed by atoms with E-state index < -0.39 is 0 Å². The first-order valence-electron chi connectivity index (χ1n) is 9.44. The lowest BCUT2D eigenvalue weighted by atomic mass is 9.69. The van der Waals surface area contributed by atoms with Crippen molar-refractivity contribution in [2.24, 2.45) is 5.73 Å². The molecule has 1 heterocycles. The van der Waals surface area contributed by atoms with Crippen LogP contribution in [0, 0.1) is 5.82 Å². The normalized spacial score (nSPS) is 22.3. The molecule has 0 spiro atoms. The third-order valence-electron chi connectivity index (χ3n) is 5.86. The highest BCUT2D eigenvalue weighted by Crippen LogP contribution is 2.41. The van der Waals surface area contributed by atoms with Crippen LogP contribution in [0.25, 0.3) is 10.8 Å². The Hall–Kier alpha value is -2.37. The average molecular weight is 401 g/mol. The van der Waals surface area contributed by atoms with Gasteiger partial charge in [0.2, 0.25) is 0 Å². The van der Waals surface area contributed by atoms with E-state index in [-0.39, 0.29) is 22.9 Å². The van der Waals surface area contributed by atoms with Gasteiger partial charge in [0.05, 0.1) is 11.1 Å². The summed E-state index contributed by atoms with van der Waals surface area (Å²) in [6, 6.07) is 11.9. The van der Waals surface area contributed by atoms with Crippen molar-refractivity contribution in [2.45, 2.75) is 37.2 Å². The molecule has 0 unspecified atom stereocenters. The van der Waals surface area contributed by atoms with E-state index in [9.17, 15) is 9.18 Å². The summed E-state index contributed by atoms with van der Waals surface area (Å²) in [5.41, 5.74) is 6.88. The molecule has 2 aromatic carbocycles. The predicted molar refractivity (Wildman–Crippen MR) is 110 cm³/mol. The number of H-pyrrole nitrogens is 1. The fraction of sp³-hybridized carbons (Fsp3) is 0.318. The number of nitrogens with two attached hydrogens (primary N) is 1. The van der Waals surface area contributed by atoms with Crippen molar-refractivity contribution in [2.75, 3.05) is 6.54 Å². The number of hydrogen-bond donors (Lipinski definition) is 2. The number of fused-ring (bicyclic) bond motifs is 1. The van der Waals surface area contributed by atoms with Crippen molar-refractivity contribution in [1.82, 2.24) is 4.98 Å². The van der Waals surface area contributed by atoms with Crippen LogP contribution in [0.1, 0.15) is 31.2 Å². The van der Waals surface area contributed by atoms with Gasteiger partial charge in [0, 0.05) is 23.5 Å². The van der Waals surface area contributed by atoms with Crippen LogP contribution in [-0.2, 0) is 5.41 Å². The highest BCUT2D eigenvalue weighted by molar-refractivity contribution is 6.32. The standard InChI is InChI=1S/C22H22ClFN2O2/c23-19-12-18-14(7-10-26-21(18)27)11-20(19)28-17-5-8-22(13-25,9-6-17)15-1-3-16(24)4-2-15/h1-4,7,10-12,17H,5-6,8-9,13,25H2,(H,26,27). The maximum absolute atomic E-state index is 13.3. The quantitative estimate of drug-likeness (QED) is 0.675. The summed E-state index contributed by atoms with van der Waals surface area (Å²) in [5, 5.41) is 1.77. The van der Waals surface area contributed by atoms with Gasteiger partial charge in [-0.05, 0) is 67.0 Å². The molecule has 0 atom stereocenters. The number of hydrogen-bond acceptors (Lipinski definition) is 3. The second-order valence-corrected chi connectivity index (χ2v) is 7.89. The van der Waals surface area contributed by atoms with Crippen molar-refractivity contribution in [1.29, 1.82) is 0 Å². The Labute approximate surface area is 167 Å². The summed E-state index contributed by atoms with van der Waals surface area (Å²) in [7, 11) is 0. The Balaban J connectivity index is 1.51. The van der Waals surface area contributed by atoms with Gasteiger partial charge in [0.1, 0.15) is 11.6 Å². The number of aromatic nitrogens is 1. The van der Waals surface area contributed by atoms with E-state index in [1.165, 1.54) is 12.1 Å². The molecule has 0 bridgehead atoms. The molecule has 1 aliphatic rings. The third-order valence-corrected chi connectivity index (χ3v) is 6.15. The minimum atomic E-state index is -0.238. The van der Waals surface area contributed by atoms with Crippen LogP contribution in [0.5, 0.6) is 5.75 Å². The fourth-order valence-electron chi connectivity index (χ4n) is 4.13. The summed E-state index contributed by atoms with van der Waals surface area (Å²) in [4.78, 5) is 14.5. The van der Waals surface area contributed by atoms with Crippen LogP contribution < -0.4 is 16.0 Å². The van der Waals surface area contributed by atoms with Gasteiger partial charge in [-0.2, -0.15) is 0 Å². The summed E-state index contributed by atoms with van der Waals surface area (Å²) in [5.74, 6) is 0.351. The first kappa shape index (κ1) is 19.0. The van der Waals surface area contributed by atoms with Gasteiger partial charge in [-0.3, -0.25) is 4.79 Å². The lowest BCUT2D eigenvalue weighted by Crippen LogP contribution is -2.41. The van der Waals surface area contributed by atoms with Crippen molar-refractivity contribution in [3.05, 3.63) is 75.4 Å². The maximum Gasteiger partial charge on any atom is 0.255 e. The zero-order valence-electron chi connectivity index (χ0n) is 15.4. The second kappa shape index (κ2) is 7.57. The van der Waals surface area contributed by atoms with Crippen LogP contribution in [0.3, 0.4) is 0 Å². The number of pyridine rings is 1. The summed E-state index contributed by atoms with van der Waals surface area (Å²) < 4.78 is 19.5. The molecule has 0 radical (unpaired) electrons. The molecule has 1 saturated carbocycles. The Kier molecular flexibility index (Phi) is 5.13. The van der Waals surface area contributed by atoms with Gasteiger partial charge in [0.25, 0.3) is 5.56 Å². The summed E-state index contributed by atoms with van der Waals surface area (Å²) >= 11 is 6.36. The topological polar surface area (TPSA) is 68.1 Å². The van der Waals surface area contributed by atoms with E-state index in [4.69, 9.17) is 22.1 Å². The number of benzene rings is 2. The van der Waals surface area contributed by atoms with Crippen LogP contribution >= 0.6 is 11.6 Å². The van der Waals surface area contributed by atoms with Crippen LogP contribution in [0.2, 0.25) is 5.02 Å². The van der Waals surface area contributed by atoms with Gasteiger partial charge in [-0.1, -0.05) is 23.7 Å². The SMILES string of the molecule is NCC1(c2ccc(F)cc2)CCC(Oc2cc3cc[nH]c(=O)c3cc2Cl)CC1. The van der Waals surface area contributed by atoms with Gasteiger partial charge >= 0.3 is 0 Å². The highest BCUT2D eigenvalue weighted by atomic mass is 35.5. The molecule has 146 valence electrons. The Morgan fingerprint density at radius 1 is 1.18 bits per heavy atom. The van der Waals surface area contributed by atoms with E-state index in [0.717, 1.165) is 36.6 Å². The molecule has 4 rings (SSSR count). The number of ether oxygens (including phenoxy) is 1. The molecule has 4 nitrogen and oxygen atoms in total. The zero-order chi connectivity index (χ0) is 19.7. The van der Waals surface area contributed by atoms with Gasteiger partial charge < -0.3 is 15.5 Å². The lowest BCUT2D eigenvalue weighted by Gasteiger charge is -2.40. The second-order valence-electron chi connectivity index (χ2n) is 7.49. The molecule has 0 saturated heterocycles. The van der Waals surface area contributed by atoms with Crippen LogP contribution in [0.15, 0.2) is 53.5 Å². The molecule has 1 aliphatic carbocycles. The average Bonchev–Trinajstić information content (AvgIpc) is 2.71. The zero-order valence-corrected chi connectivity index (χ0v) is 16.1. The molecule has 28 heavy (non-hydrogen) atoms. The van der Waals surface area contributed by atoms with E-state index in [2.05, 4.69) is 4.98 Å². The van der Waals surface area contributed by atoms with Gasteiger partial charge in [-0.15, -0.1) is 0 Å². The first-order valence-corrected chi connectivity index (χ1v) is 9.82. The molecule has 3 N–H and O–H groups in total. The number of nitrogens with one attached hydrogen (secondary N) is 1. The smallest absolute Gasteiger partial charge is 0.255 e. The lowest BCUT2D eigenvalue weighted by molar-refractivity contribution is 0.118. The van der Waals surface area contributed by atoms with E-state index in [0.29, 0.717) is 22.7 Å². The van der Waals surface area contributed by atoms with Crippen molar-refractivity contribution >= 4 is 22.4 Å². The Morgan fingerprint density at radius 3 is 2.57 bits per heavy atom. The highest BCUT2D eigenvalue weighted by Gasteiger charge is 2.36. The Morgan fingerprint density at radius 2 is 1.89 bits per heavy atom. The third kappa shape index (κ3) is 3.52. The molecule has 1 aromatic heterocycles. The predicted octanol–water partition coefficient (Wildman–Crippen LogP) is 4.54. The molecule has 1 fully saturated rings. The van der Waals surface area contributed by atoms with Crippen molar-refractivity contribution in [3.8, 4) is 5.75 Å².